The van der Waals surface area contributed by atoms with Gasteiger partial charge in [-0.15, -0.1) is 0 Å². The van der Waals surface area contributed by atoms with E-state index >= 15 is 4.39 Å². The number of hydrogen-bond acceptors (Lipinski definition) is 7. The number of amides is 2. The first-order chi connectivity index (χ1) is 18.4. The lowest BCUT2D eigenvalue weighted by atomic mass is 10.00. The Morgan fingerprint density at radius 3 is 2.64 bits per heavy atom. The zero-order valence-electron chi connectivity index (χ0n) is 22.3. The van der Waals surface area contributed by atoms with Crippen molar-refractivity contribution in [3.8, 4) is 17.2 Å². The molecule has 11 heteroatoms. The molecule has 1 aliphatic rings. The highest BCUT2D eigenvalue weighted by molar-refractivity contribution is 5.83. The number of fused-ring (bicyclic) bond motifs is 1. The molecule has 1 fully saturated rings. The molecule has 0 spiro atoms. The number of carbonyl (C=O) groups excluding carboxylic acids is 2. The van der Waals surface area contributed by atoms with Gasteiger partial charge in [-0.05, 0) is 62.1 Å². The summed E-state index contributed by atoms with van der Waals surface area (Å²) in [7, 11) is 1.59. The molecule has 0 aliphatic carbocycles. The summed E-state index contributed by atoms with van der Waals surface area (Å²) in [6, 6.07) is 10.7. The summed E-state index contributed by atoms with van der Waals surface area (Å²) >= 11 is 0. The van der Waals surface area contributed by atoms with Gasteiger partial charge in [-0.25, -0.2) is 14.0 Å². The Balaban J connectivity index is 1.43. The van der Waals surface area contributed by atoms with Crippen LogP contribution in [0.25, 0.3) is 22.2 Å². The number of carbonyl (C=O) groups is 2. The molecule has 10 nitrogen and oxygen atoms in total. The number of benzene rings is 2. The summed E-state index contributed by atoms with van der Waals surface area (Å²) in [5.41, 5.74) is 1.85. The highest BCUT2D eigenvalue weighted by atomic mass is 19.1. The highest BCUT2D eigenvalue weighted by Crippen LogP contribution is 2.26. The van der Waals surface area contributed by atoms with E-state index < -0.39 is 41.3 Å². The number of aromatic nitrogens is 1. The number of nitriles is 1. The lowest BCUT2D eigenvalue weighted by Gasteiger charge is -2.27. The summed E-state index contributed by atoms with van der Waals surface area (Å²) in [6.07, 6.45) is -1.06. The third-order valence-electron chi connectivity index (χ3n) is 6.30. The Morgan fingerprint density at radius 2 is 1.95 bits per heavy atom. The fraction of sp³-hybridized carbons (Fsp3) is 0.429. The summed E-state index contributed by atoms with van der Waals surface area (Å²) in [5.74, 6) is -1.59. The summed E-state index contributed by atoms with van der Waals surface area (Å²) in [6.45, 7) is 5.90. The largest absolute Gasteiger partial charge is 0.444 e. The zero-order valence-corrected chi connectivity index (χ0v) is 22.3. The van der Waals surface area contributed by atoms with Gasteiger partial charge in [-0.1, -0.05) is 18.2 Å². The quantitative estimate of drug-likeness (QED) is 0.527. The van der Waals surface area contributed by atoms with Crippen molar-refractivity contribution in [2.75, 3.05) is 19.7 Å². The number of nitrogens with zero attached hydrogens (tertiary/aromatic N) is 3. The minimum Gasteiger partial charge on any atom is -0.444 e. The van der Waals surface area contributed by atoms with Gasteiger partial charge in [0.2, 0.25) is 0 Å². The maximum atomic E-state index is 15.1. The van der Waals surface area contributed by atoms with Crippen molar-refractivity contribution in [1.29, 1.82) is 5.26 Å². The summed E-state index contributed by atoms with van der Waals surface area (Å²) in [5, 5.41) is 12.3. The predicted molar refractivity (Wildman–Crippen MR) is 140 cm³/mol. The summed E-state index contributed by atoms with van der Waals surface area (Å²) < 4.78 is 32.6. The predicted octanol–water partition coefficient (Wildman–Crippen LogP) is 3.51. The smallest absolute Gasteiger partial charge is 0.419 e. The number of halogens is 1. The first-order valence-electron chi connectivity index (χ1n) is 12.6. The number of rotatable bonds is 5. The molecule has 39 heavy (non-hydrogen) atoms. The van der Waals surface area contributed by atoms with Gasteiger partial charge in [0.15, 0.2) is 11.7 Å². The molecule has 1 saturated heterocycles. The van der Waals surface area contributed by atoms with E-state index in [2.05, 4.69) is 5.32 Å². The van der Waals surface area contributed by atoms with Gasteiger partial charge in [0.1, 0.15) is 17.5 Å². The zero-order chi connectivity index (χ0) is 28.3. The number of ether oxygens (including phenoxy) is 2. The van der Waals surface area contributed by atoms with Crippen LogP contribution in [-0.4, -0.2) is 58.9 Å². The van der Waals surface area contributed by atoms with E-state index in [0.29, 0.717) is 35.2 Å². The number of nitrogens with one attached hydrogen (secondary N) is 1. The molecule has 0 radical (unpaired) electrons. The van der Waals surface area contributed by atoms with Crippen LogP contribution in [0.5, 0.6) is 0 Å². The fourth-order valence-corrected chi connectivity index (χ4v) is 4.29. The van der Waals surface area contributed by atoms with Crippen LogP contribution >= 0.6 is 0 Å². The molecule has 3 aromatic rings. The van der Waals surface area contributed by atoms with E-state index in [-0.39, 0.29) is 25.1 Å². The van der Waals surface area contributed by atoms with Gasteiger partial charge in [-0.2, -0.15) is 5.26 Å². The van der Waals surface area contributed by atoms with Crippen LogP contribution in [-0.2, 0) is 27.7 Å². The molecule has 2 atom stereocenters. The number of hydrogen-bond donors (Lipinski definition) is 1. The van der Waals surface area contributed by atoms with Gasteiger partial charge < -0.3 is 24.1 Å². The molecular formula is C28H31FN4O6. The molecule has 2 heterocycles. The molecular weight excluding hydrogens is 507 g/mol. The van der Waals surface area contributed by atoms with Crippen LogP contribution < -0.4 is 11.1 Å². The van der Waals surface area contributed by atoms with Crippen molar-refractivity contribution in [1.82, 2.24) is 14.8 Å². The van der Waals surface area contributed by atoms with Crippen molar-refractivity contribution in [3.05, 3.63) is 58.3 Å². The Labute approximate surface area is 224 Å². The van der Waals surface area contributed by atoms with E-state index in [1.165, 1.54) is 15.5 Å². The van der Waals surface area contributed by atoms with Gasteiger partial charge in [0, 0.05) is 26.6 Å². The lowest BCUT2D eigenvalue weighted by molar-refractivity contribution is -0.133. The average Bonchev–Trinajstić information content (AvgIpc) is 3.03. The van der Waals surface area contributed by atoms with E-state index in [9.17, 15) is 19.6 Å². The standard InChI is InChI=1S/C28H31FN4O6/c1-28(2,3)39-27(36)33-10-5-11-37-24(16-33)25(34)31-20(15-30)12-19-7-6-17(13-21(19)29)18-8-9-23-22(14-18)32(4)26(35)38-23/h6-9,13-14,20,24H,5,10-12,16H2,1-4H3,(H,31,34)/t20-,24-/m0/s1. The fourth-order valence-electron chi connectivity index (χ4n) is 4.29. The van der Waals surface area contributed by atoms with Crippen molar-refractivity contribution in [2.45, 2.75) is 51.4 Å². The van der Waals surface area contributed by atoms with Crippen molar-refractivity contribution >= 4 is 23.1 Å². The second-order valence-corrected chi connectivity index (χ2v) is 10.4. The Hall–Kier alpha value is -4.17. The topological polar surface area (TPSA) is 127 Å². The van der Waals surface area contributed by atoms with Crippen LogP contribution in [0.15, 0.2) is 45.6 Å². The maximum absolute atomic E-state index is 15.1. The van der Waals surface area contributed by atoms with Gasteiger partial charge in [0.05, 0.1) is 18.1 Å². The molecule has 206 valence electrons. The van der Waals surface area contributed by atoms with E-state index in [4.69, 9.17) is 13.9 Å². The normalized spacial score (nSPS) is 16.8. The second kappa shape index (κ2) is 11.3. The first kappa shape index (κ1) is 27.9. The van der Waals surface area contributed by atoms with Gasteiger partial charge in [0.25, 0.3) is 5.91 Å². The van der Waals surface area contributed by atoms with Crippen molar-refractivity contribution in [2.24, 2.45) is 7.05 Å². The lowest BCUT2D eigenvalue weighted by Crippen LogP contribution is -2.48. The Morgan fingerprint density at radius 1 is 1.23 bits per heavy atom. The first-order valence-corrected chi connectivity index (χ1v) is 12.6. The molecule has 2 amide bonds. The van der Waals surface area contributed by atoms with Crippen molar-refractivity contribution < 1.29 is 27.9 Å². The molecule has 0 unspecified atom stereocenters. The molecule has 2 aromatic carbocycles. The van der Waals surface area contributed by atoms with Gasteiger partial charge in [-0.3, -0.25) is 9.36 Å². The SMILES string of the molecule is Cn1c(=O)oc2ccc(-c3ccc(C[C@@H](C#N)NC(=O)[C@@H]4CN(C(=O)OC(C)(C)C)CCCO4)c(F)c3)cc21. The van der Waals surface area contributed by atoms with Crippen molar-refractivity contribution in [3.63, 3.8) is 0 Å². The number of aryl methyl sites for hydroxylation is 1. The molecule has 0 saturated carbocycles. The van der Waals surface area contributed by atoms with Crippen LogP contribution in [0.4, 0.5) is 9.18 Å². The maximum Gasteiger partial charge on any atom is 0.419 e. The Kier molecular flexibility index (Phi) is 8.06. The molecule has 1 aromatic heterocycles. The number of oxazole rings is 1. The Bertz CT molecular complexity index is 1480. The minimum atomic E-state index is -1.02. The van der Waals surface area contributed by atoms with Crippen LogP contribution in [0, 0.1) is 17.1 Å². The summed E-state index contributed by atoms with van der Waals surface area (Å²) in [4.78, 5) is 38.6. The van der Waals surface area contributed by atoms with Gasteiger partial charge >= 0.3 is 11.8 Å². The molecule has 4 rings (SSSR count). The highest BCUT2D eigenvalue weighted by Gasteiger charge is 2.31. The van der Waals surface area contributed by atoms with Crippen LogP contribution in [0.1, 0.15) is 32.8 Å². The molecule has 0 bridgehead atoms. The van der Waals surface area contributed by atoms with E-state index in [0.717, 1.165) is 0 Å². The van der Waals surface area contributed by atoms with Crippen LogP contribution in [0.3, 0.4) is 0 Å². The third kappa shape index (κ3) is 6.64. The van der Waals surface area contributed by atoms with E-state index in [1.807, 2.05) is 6.07 Å². The van der Waals surface area contributed by atoms with Crippen LogP contribution in [0.2, 0.25) is 0 Å². The second-order valence-electron chi connectivity index (χ2n) is 10.4. The third-order valence-corrected chi connectivity index (χ3v) is 6.30. The van der Waals surface area contributed by atoms with E-state index in [1.54, 1.807) is 58.2 Å². The molecule has 1 aliphatic heterocycles. The minimum absolute atomic E-state index is 0.0193. The monoisotopic (exact) mass is 538 g/mol. The average molecular weight is 539 g/mol. The molecule has 1 N–H and O–H groups in total.